The second kappa shape index (κ2) is 7.10. The number of benzene rings is 2. The Labute approximate surface area is 157 Å². The molecule has 0 atom stereocenters. The van der Waals surface area contributed by atoms with E-state index in [1.54, 1.807) is 42.5 Å². The molecule has 1 fully saturated rings. The number of amides is 1. The van der Waals surface area contributed by atoms with Gasteiger partial charge < -0.3 is 10.1 Å². The maximum atomic E-state index is 12.2. The fourth-order valence-corrected chi connectivity index (χ4v) is 2.88. The van der Waals surface area contributed by atoms with Crippen LogP contribution in [0.5, 0.6) is 5.75 Å². The Hall–Kier alpha value is -2.26. The van der Waals surface area contributed by atoms with Gasteiger partial charge in [-0.15, -0.1) is 0 Å². The van der Waals surface area contributed by atoms with Crippen LogP contribution in [-0.4, -0.2) is 17.0 Å². The van der Waals surface area contributed by atoms with Crippen molar-refractivity contribution in [1.82, 2.24) is 10.6 Å². The molecule has 120 valence electrons. The molecule has 2 N–H and O–H groups in total. The summed E-state index contributed by atoms with van der Waals surface area (Å²) in [6, 6.07) is 14.1. The molecule has 2 aromatic carbocycles. The smallest absolute Gasteiger partial charge is 0.344 e. The number of halogens is 1. The van der Waals surface area contributed by atoms with Gasteiger partial charge in [-0.05, 0) is 70.7 Å². The van der Waals surface area contributed by atoms with Gasteiger partial charge in [0, 0.05) is 3.57 Å². The molecule has 7 heteroatoms. The number of nitrogens with one attached hydrogen (secondary N) is 2. The molecule has 0 spiro atoms. The lowest BCUT2D eigenvalue weighted by molar-refractivity contribution is -0.115. The Morgan fingerprint density at radius 2 is 1.79 bits per heavy atom. The van der Waals surface area contributed by atoms with E-state index < -0.39 is 5.97 Å². The van der Waals surface area contributed by atoms with Crippen molar-refractivity contribution in [3.8, 4) is 5.75 Å². The number of esters is 1. The minimum absolute atomic E-state index is 0.269. The highest BCUT2D eigenvalue weighted by Crippen LogP contribution is 2.18. The topological polar surface area (TPSA) is 67.4 Å². The highest BCUT2D eigenvalue weighted by atomic mass is 127. The lowest BCUT2D eigenvalue weighted by atomic mass is 10.2. The average molecular weight is 450 g/mol. The van der Waals surface area contributed by atoms with Gasteiger partial charge >= 0.3 is 5.97 Å². The summed E-state index contributed by atoms with van der Waals surface area (Å²) in [7, 11) is 0. The Morgan fingerprint density at radius 1 is 1.08 bits per heavy atom. The number of carbonyl (C=O) groups excluding carboxylic acids is 2. The minimum atomic E-state index is -0.409. The fourth-order valence-electron chi connectivity index (χ4n) is 2.07. The number of hydrogen-bond acceptors (Lipinski definition) is 4. The lowest BCUT2D eigenvalue weighted by Crippen LogP contribution is -2.21. The molecule has 1 aliphatic rings. The Morgan fingerprint density at radius 3 is 2.42 bits per heavy atom. The second-order valence-electron chi connectivity index (χ2n) is 4.90. The van der Waals surface area contributed by atoms with Crippen LogP contribution in [0.4, 0.5) is 0 Å². The van der Waals surface area contributed by atoms with E-state index in [1.165, 1.54) is 0 Å². The Kier molecular flexibility index (Phi) is 4.91. The molecule has 24 heavy (non-hydrogen) atoms. The van der Waals surface area contributed by atoms with Crippen molar-refractivity contribution in [2.75, 3.05) is 0 Å². The molecule has 1 heterocycles. The molecule has 1 saturated heterocycles. The zero-order chi connectivity index (χ0) is 17.1. The SMILES string of the molecule is O=C1NC(=S)N/C1=C\c1ccc(OC(=O)c2ccccc2I)cc1. The maximum Gasteiger partial charge on any atom is 0.344 e. The van der Waals surface area contributed by atoms with Crippen LogP contribution in [0.3, 0.4) is 0 Å². The highest BCUT2D eigenvalue weighted by molar-refractivity contribution is 14.1. The van der Waals surface area contributed by atoms with Crippen LogP contribution in [0.15, 0.2) is 54.2 Å². The summed E-state index contributed by atoms with van der Waals surface area (Å²) in [5.74, 6) is -0.247. The standard InChI is InChI=1S/C17H11IN2O3S/c18-13-4-2-1-3-12(13)16(22)23-11-7-5-10(6-8-11)9-14-15(21)20-17(24)19-14/h1-9H,(H2,19,20,21,24)/b14-9-. The molecule has 3 rings (SSSR count). The van der Waals surface area contributed by atoms with Crippen LogP contribution in [0, 0.1) is 3.57 Å². The molecule has 0 bridgehead atoms. The van der Waals surface area contributed by atoms with Crippen LogP contribution in [-0.2, 0) is 4.79 Å². The molecule has 0 radical (unpaired) electrons. The molecule has 0 unspecified atom stereocenters. The summed E-state index contributed by atoms with van der Waals surface area (Å²) in [5.41, 5.74) is 1.68. The predicted octanol–water partition coefficient (Wildman–Crippen LogP) is 2.86. The normalized spacial score (nSPS) is 15.1. The van der Waals surface area contributed by atoms with E-state index >= 15 is 0 Å². The molecule has 0 aliphatic carbocycles. The molecular weight excluding hydrogens is 439 g/mol. The van der Waals surface area contributed by atoms with Crippen LogP contribution in [0.2, 0.25) is 0 Å². The molecule has 2 aromatic rings. The van der Waals surface area contributed by atoms with E-state index in [-0.39, 0.29) is 11.0 Å². The van der Waals surface area contributed by atoms with Gasteiger partial charge in [-0.1, -0.05) is 24.3 Å². The van der Waals surface area contributed by atoms with E-state index in [9.17, 15) is 9.59 Å². The van der Waals surface area contributed by atoms with E-state index in [0.29, 0.717) is 17.0 Å². The second-order valence-corrected chi connectivity index (χ2v) is 6.48. The van der Waals surface area contributed by atoms with Crippen LogP contribution in [0.25, 0.3) is 6.08 Å². The van der Waals surface area contributed by atoms with Crippen molar-refractivity contribution < 1.29 is 14.3 Å². The van der Waals surface area contributed by atoms with Crippen molar-refractivity contribution in [1.29, 1.82) is 0 Å². The van der Waals surface area contributed by atoms with Crippen molar-refractivity contribution in [2.45, 2.75) is 0 Å². The number of rotatable bonds is 3. The summed E-state index contributed by atoms with van der Waals surface area (Å²) in [5, 5.41) is 5.55. The minimum Gasteiger partial charge on any atom is -0.423 e. The van der Waals surface area contributed by atoms with Gasteiger partial charge in [-0.2, -0.15) is 0 Å². The number of hydrogen-bond donors (Lipinski definition) is 2. The summed E-state index contributed by atoms with van der Waals surface area (Å²) in [4.78, 5) is 23.8. The molecule has 0 aromatic heterocycles. The zero-order valence-electron chi connectivity index (χ0n) is 12.2. The van der Waals surface area contributed by atoms with E-state index in [2.05, 4.69) is 33.2 Å². The van der Waals surface area contributed by atoms with Gasteiger partial charge in [0.05, 0.1) is 5.56 Å². The van der Waals surface area contributed by atoms with Crippen LogP contribution >= 0.6 is 34.8 Å². The summed E-state index contributed by atoms with van der Waals surface area (Å²) in [6.07, 6.45) is 1.67. The first kappa shape index (κ1) is 16.6. The van der Waals surface area contributed by atoms with Gasteiger partial charge in [0.25, 0.3) is 5.91 Å². The molecule has 1 aliphatic heterocycles. The van der Waals surface area contributed by atoms with E-state index in [1.807, 2.05) is 12.1 Å². The van der Waals surface area contributed by atoms with E-state index in [4.69, 9.17) is 17.0 Å². The van der Waals surface area contributed by atoms with Crippen molar-refractivity contribution in [3.05, 3.63) is 68.9 Å². The number of carbonyl (C=O) groups is 2. The molecule has 1 amide bonds. The van der Waals surface area contributed by atoms with Gasteiger partial charge in [0.15, 0.2) is 5.11 Å². The van der Waals surface area contributed by atoms with Crippen molar-refractivity contribution in [3.63, 3.8) is 0 Å². The first-order valence-electron chi connectivity index (χ1n) is 6.94. The highest BCUT2D eigenvalue weighted by Gasteiger charge is 2.19. The Bertz CT molecular complexity index is 862. The van der Waals surface area contributed by atoms with Gasteiger partial charge in [0.2, 0.25) is 0 Å². The van der Waals surface area contributed by atoms with Gasteiger partial charge in [-0.25, -0.2) is 4.79 Å². The van der Waals surface area contributed by atoms with Crippen molar-refractivity contribution >= 4 is 57.9 Å². The average Bonchev–Trinajstić information content (AvgIpc) is 2.87. The summed E-state index contributed by atoms with van der Waals surface area (Å²) in [6.45, 7) is 0. The van der Waals surface area contributed by atoms with Gasteiger partial charge in [0.1, 0.15) is 11.4 Å². The molecular formula is C17H11IN2O3S. The molecule has 0 saturated carbocycles. The number of thiocarbonyl (C=S) groups is 1. The number of ether oxygens (including phenoxy) is 1. The third kappa shape index (κ3) is 3.80. The summed E-state index contributed by atoms with van der Waals surface area (Å²) >= 11 is 6.96. The first-order valence-corrected chi connectivity index (χ1v) is 8.42. The van der Waals surface area contributed by atoms with Gasteiger partial charge in [-0.3, -0.25) is 10.1 Å². The van der Waals surface area contributed by atoms with Crippen LogP contribution < -0.4 is 15.4 Å². The third-order valence-corrected chi connectivity index (χ3v) is 4.36. The zero-order valence-corrected chi connectivity index (χ0v) is 15.2. The third-order valence-electron chi connectivity index (χ3n) is 3.22. The quantitative estimate of drug-likeness (QED) is 0.248. The monoisotopic (exact) mass is 450 g/mol. The predicted molar refractivity (Wildman–Crippen MR) is 102 cm³/mol. The van der Waals surface area contributed by atoms with Crippen molar-refractivity contribution in [2.24, 2.45) is 0 Å². The first-order chi connectivity index (χ1) is 11.5. The lowest BCUT2D eigenvalue weighted by Gasteiger charge is -2.06. The van der Waals surface area contributed by atoms with E-state index in [0.717, 1.165) is 9.13 Å². The van der Waals surface area contributed by atoms with Crippen LogP contribution in [0.1, 0.15) is 15.9 Å². The maximum absolute atomic E-state index is 12.2. The Balaban J connectivity index is 1.72. The largest absolute Gasteiger partial charge is 0.423 e. The fraction of sp³-hybridized carbons (Fsp3) is 0. The molecule has 5 nitrogen and oxygen atoms in total. The summed E-state index contributed by atoms with van der Waals surface area (Å²) < 4.78 is 6.19.